The Kier molecular flexibility index (Phi) is 4.72. The van der Waals surface area contributed by atoms with E-state index in [2.05, 4.69) is 20.5 Å². The Morgan fingerprint density at radius 1 is 1.17 bits per heavy atom. The van der Waals surface area contributed by atoms with Gasteiger partial charge in [0.2, 0.25) is 10.3 Å². The number of aromatic nitrogens is 2. The number of amides is 1. The van der Waals surface area contributed by atoms with Crippen molar-refractivity contribution in [2.24, 2.45) is 4.99 Å². The van der Waals surface area contributed by atoms with Crippen molar-refractivity contribution in [3.05, 3.63) is 71.0 Å². The summed E-state index contributed by atoms with van der Waals surface area (Å²) in [4.78, 5) is 16.4. The van der Waals surface area contributed by atoms with Gasteiger partial charge in [-0.2, -0.15) is 0 Å². The summed E-state index contributed by atoms with van der Waals surface area (Å²) >= 11 is 1.16. The Hall–Kier alpha value is -2.93. The quantitative estimate of drug-likeness (QED) is 0.730. The maximum Gasteiger partial charge on any atom is 0.257 e. The Morgan fingerprint density at radius 3 is 2.67 bits per heavy atom. The largest absolute Gasteiger partial charge is 0.296 e. The van der Waals surface area contributed by atoms with Gasteiger partial charge < -0.3 is 0 Å². The molecule has 1 amide bonds. The number of halogens is 1. The standard InChI is InChI=1S/C17H13FN4OS/c1-11-4-2-3-5-14(11)15(23)20-17-22-21-16(24-17)19-10-12-6-8-13(18)9-7-12/h2-10H,1H3,(H,20,22,23)/b19-10+. The lowest BCUT2D eigenvalue weighted by atomic mass is 10.1. The number of carbonyl (C=O) groups is 1. The predicted molar refractivity (Wildman–Crippen MR) is 92.7 cm³/mol. The van der Waals surface area contributed by atoms with E-state index in [1.807, 2.05) is 19.1 Å². The summed E-state index contributed by atoms with van der Waals surface area (Å²) in [5.41, 5.74) is 2.22. The lowest BCUT2D eigenvalue weighted by Gasteiger charge is -2.03. The van der Waals surface area contributed by atoms with Crippen LogP contribution in [-0.2, 0) is 0 Å². The van der Waals surface area contributed by atoms with Crippen LogP contribution in [0.3, 0.4) is 0 Å². The first-order valence-electron chi connectivity index (χ1n) is 7.12. The molecule has 3 aromatic rings. The fraction of sp³-hybridized carbons (Fsp3) is 0.0588. The van der Waals surface area contributed by atoms with Crippen molar-refractivity contribution in [2.75, 3.05) is 5.32 Å². The second-order valence-corrected chi connectivity index (χ2v) is 5.92. The molecule has 0 radical (unpaired) electrons. The summed E-state index contributed by atoms with van der Waals surface area (Å²) in [7, 11) is 0. The van der Waals surface area contributed by atoms with Crippen LogP contribution >= 0.6 is 11.3 Å². The topological polar surface area (TPSA) is 67.2 Å². The van der Waals surface area contributed by atoms with Crippen molar-refractivity contribution in [2.45, 2.75) is 6.92 Å². The normalized spacial score (nSPS) is 10.9. The summed E-state index contributed by atoms with van der Waals surface area (Å²) in [5.74, 6) is -0.539. The lowest BCUT2D eigenvalue weighted by molar-refractivity contribution is 0.102. The molecule has 0 fully saturated rings. The molecule has 120 valence electrons. The van der Waals surface area contributed by atoms with Gasteiger partial charge in [-0.1, -0.05) is 41.7 Å². The van der Waals surface area contributed by atoms with E-state index in [0.29, 0.717) is 15.8 Å². The van der Waals surface area contributed by atoms with Gasteiger partial charge in [0.25, 0.3) is 5.91 Å². The highest BCUT2D eigenvalue weighted by atomic mass is 32.1. The SMILES string of the molecule is Cc1ccccc1C(=O)Nc1nnc(/N=C/c2ccc(F)cc2)s1. The molecule has 0 aliphatic heterocycles. The molecule has 5 nitrogen and oxygen atoms in total. The first-order valence-corrected chi connectivity index (χ1v) is 7.93. The highest BCUT2D eigenvalue weighted by molar-refractivity contribution is 7.18. The van der Waals surface area contributed by atoms with Gasteiger partial charge in [-0.05, 0) is 36.2 Å². The second-order valence-electron chi connectivity index (χ2n) is 4.97. The number of rotatable bonds is 4. The minimum Gasteiger partial charge on any atom is -0.296 e. The number of nitrogens with one attached hydrogen (secondary N) is 1. The third kappa shape index (κ3) is 3.88. The Balaban J connectivity index is 1.68. The van der Waals surface area contributed by atoms with Gasteiger partial charge in [0.05, 0.1) is 0 Å². The maximum absolute atomic E-state index is 12.8. The third-order valence-electron chi connectivity index (χ3n) is 3.22. The Morgan fingerprint density at radius 2 is 1.92 bits per heavy atom. The Bertz CT molecular complexity index is 890. The summed E-state index contributed by atoms with van der Waals surface area (Å²) in [6.07, 6.45) is 1.56. The second kappa shape index (κ2) is 7.10. The smallest absolute Gasteiger partial charge is 0.257 e. The van der Waals surface area contributed by atoms with E-state index in [1.54, 1.807) is 30.5 Å². The van der Waals surface area contributed by atoms with E-state index in [4.69, 9.17) is 0 Å². The van der Waals surface area contributed by atoms with Crippen LogP contribution in [0.5, 0.6) is 0 Å². The van der Waals surface area contributed by atoms with Gasteiger partial charge >= 0.3 is 0 Å². The van der Waals surface area contributed by atoms with Crippen molar-refractivity contribution in [3.8, 4) is 0 Å². The third-order valence-corrected chi connectivity index (χ3v) is 3.97. The fourth-order valence-corrected chi connectivity index (χ4v) is 2.57. The zero-order valence-corrected chi connectivity index (χ0v) is 13.5. The van der Waals surface area contributed by atoms with Crippen molar-refractivity contribution >= 4 is 33.7 Å². The van der Waals surface area contributed by atoms with E-state index in [1.165, 1.54) is 12.1 Å². The predicted octanol–water partition coefficient (Wildman–Crippen LogP) is 3.99. The number of nitrogens with zero attached hydrogens (tertiary/aromatic N) is 3. The molecule has 0 atom stereocenters. The minimum atomic E-state index is -0.302. The molecule has 0 unspecified atom stereocenters. The van der Waals surface area contributed by atoms with Gasteiger partial charge in [0.15, 0.2) is 0 Å². The molecule has 3 rings (SSSR count). The summed E-state index contributed by atoms with van der Waals surface area (Å²) in [6.45, 7) is 1.87. The number of carbonyl (C=O) groups excluding carboxylic acids is 1. The zero-order valence-electron chi connectivity index (χ0n) is 12.7. The van der Waals surface area contributed by atoms with Gasteiger partial charge in [0.1, 0.15) is 5.82 Å². The number of aryl methyl sites for hydroxylation is 1. The monoisotopic (exact) mass is 340 g/mol. The molecule has 1 aromatic heterocycles. The van der Waals surface area contributed by atoms with Crippen LogP contribution in [0.4, 0.5) is 14.7 Å². The molecule has 2 aromatic carbocycles. The molecule has 0 aliphatic carbocycles. The number of anilines is 1. The van der Waals surface area contributed by atoms with E-state index < -0.39 is 0 Å². The van der Waals surface area contributed by atoms with E-state index in [-0.39, 0.29) is 11.7 Å². The maximum atomic E-state index is 12.8. The number of hydrogen-bond donors (Lipinski definition) is 1. The van der Waals surface area contributed by atoms with Crippen molar-refractivity contribution in [3.63, 3.8) is 0 Å². The molecule has 24 heavy (non-hydrogen) atoms. The fourth-order valence-electron chi connectivity index (χ4n) is 1.99. The van der Waals surface area contributed by atoms with Crippen LogP contribution in [0.1, 0.15) is 21.5 Å². The highest BCUT2D eigenvalue weighted by Gasteiger charge is 2.11. The van der Waals surface area contributed by atoms with Crippen LogP contribution in [0.15, 0.2) is 53.5 Å². The van der Waals surface area contributed by atoms with Crippen LogP contribution < -0.4 is 5.32 Å². The highest BCUT2D eigenvalue weighted by Crippen LogP contribution is 2.23. The van der Waals surface area contributed by atoms with Crippen LogP contribution in [-0.4, -0.2) is 22.3 Å². The van der Waals surface area contributed by atoms with Gasteiger partial charge in [0, 0.05) is 11.8 Å². The van der Waals surface area contributed by atoms with E-state index in [9.17, 15) is 9.18 Å². The molecule has 0 saturated carbocycles. The molecule has 0 saturated heterocycles. The summed E-state index contributed by atoms with van der Waals surface area (Å²) in [6, 6.07) is 13.2. The van der Waals surface area contributed by atoms with E-state index in [0.717, 1.165) is 22.5 Å². The molecular formula is C17H13FN4OS. The first kappa shape index (κ1) is 15.9. The van der Waals surface area contributed by atoms with Crippen LogP contribution in [0, 0.1) is 12.7 Å². The number of benzene rings is 2. The van der Waals surface area contributed by atoms with Crippen molar-refractivity contribution in [1.29, 1.82) is 0 Å². The van der Waals surface area contributed by atoms with E-state index >= 15 is 0 Å². The van der Waals surface area contributed by atoms with Crippen molar-refractivity contribution < 1.29 is 9.18 Å². The molecular weight excluding hydrogens is 327 g/mol. The van der Waals surface area contributed by atoms with Crippen molar-refractivity contribution in [1.82, 2.24) is 10.2 Å². The Labute approximate surface area is 141 Å². The molecule has 0 spiro atoms. The molecule has 1 heterocycles. The average molecular weight is 340 g/mol. The zero-order chi connectivity index (χ0) is 16.9. The molecule has 0 aliphatic rings. The number of hydrogen-bond acceptors (Lipinski definition) is 5. The van der Waals surface area contributed by atoms with Gasteiger partial charge in [-0.3, -0.25) is 10.1 Å². The first-order chi connectivity index (χ1) is 11.6. The van der Waals surface area contributed by atoms with Crippen LogP contribution in [0.2, 0.25) is 0 Å². The summed E-state index contributed by atoms with van der Waals surface area (Å²) < 4.78 is 12.8. The summed E-state index contributed by atoms with van der Waals surface area (Å²) in [5, 5.41) is 11.3. The van der Waals surface area contributed by atoms with Gasteiger partial charge in [-0.15, -0.1) is 10.2 Å². The minimum absolute atomic E-state index is 0.238. The number of aliphatic imine (C=N–C) groups is 1. The molecule has 0 bridgehead atoms. The lowest BCUT2D eigenvalue weighted by Crippen LogP contribution is -2.12. The van der Waals surface area contributed by atoms with Crippen LogP contribution in [0.25, 0.3) is 0 Å². The van der Waals surface area contributed by atoms with Gasteiger partial charge in [-0.25, -0.2) is 9.38 Å². The average Bonchev–Trinajstić information content (AvgIpc) is 3.02. The molecule has 1 N–H and O–H groups in total. The molecule has 7 heteroatoms.